The third-order valence-corrected chi connectivity index (χ3v) is 3.48. The first-order valence-electron chi connectivity index (χ1n) is 7.08. The summed E-state index contributed by atoms with van der Waals surface area (Å²) < 4.78 is 7.71. The van der Waals surface area contributed by atoms with E-state index in [1.165, 1.54) is 0 Å². The first-order chi connectivity index (χ1) is 10.2. The van der Waals surface area contributed by atoms with Gasteiger partial charge in [0.2, 0.25) is 5.91 Å². The van der Waals surface area contributed by atoms with Gasteiger partial charge in [-0.05, 0) is 18.6 Å². The summed E-state index contributed by atoms with van der Waals surface area (Å²) in [6.07, 6.45) is 1.34. The predicted octanol–water partition coefficient (Wildman–Crippen LogP) is 2.70. The average molecular weight is 310 g/mol. The highest BCUT2D eigenvalue weighted by atomic mass is 35.5. The fourth-order valence-corrected chi connectivity index (χ4v) is 2.39. The predicted molar refractivity (Wildman–Crippen MR) is 83.8 cm³/mol. The van der Waals surface area contributed by atoms with E-state index in [0.717, 1.165) is 29.0 Å². The van der Waals surface area contributed by atoms with E-state index >= 15 is 0 Å². The molecular weight excluding hydrogens is 290 g/mol. The van der Waals surface area contributed by atoms with Gasteiger partial charge >= 0.3 is 0 Å². The molecule has 0 fully saturated rings. The number of aromatic nitrogens is 2. The molecule has 0 aliphatic heterocycles. The van der Waals surface area contributed by atoms with Crippen LogP contribution in [0.15, 0.2) is 18.2 Å². The van der Waals surface area contributed by atoms with Crippen molar-refractivity contribution in [3.8, 4) is 5.75 Å². The number of alkyl halides is 1. The van der Waals surface area contributed by atoms with Crippen molar-refractivity contribution in [1.82, 2.24) is 14.9 Å². The second-order valence-corrected chi connectivity index (χ2v) is 4.98. The minimum Gasteiger partial charge on any atom is -0.491 e. The van der Waals surface area contributed by atoms with Crippen LogP contribution in [0, 0.1) is 0 Å². The molecule has 0 aliphatic carbocycles. The van der Waals surface area contributed by atoms with Gasteiger partial charge in [0.15, 0.2) is 0 Å². The number of amides is 1. The molecule has 1 N–H and O–H groups in total. The monoisotopic (exact) mass is 309 g/mol. The highest BCUT2D eigenvalue weighted by Crippen LogP contribution is 2.27. The van der Waals surface area contributed by atoms with Crippen LogP contribution >= 0.6 is 11.6 Å². The van der Waals surface area contributed by atoms with Gasteiger partial charge in [0.05, 0.1) is 18.0 Å². The minimum absolute atomic E-state index is 0.00393. The summed E-state index contributed by atoms with van der Waals surface area (Å²) in [5.41, 5.74) is 1.75. The van der Waals surface area contributed by atoms with Crippen LogP contribution in [0.25, 0.3) is 11.0 Å². The van der Waals surface area contributed by atoms with Gasteiger partial charge < -0.3 is 14.6 Å². The first kappa shape index (κ1) is 15.6. The number of rotatable bonds is 7. The van der Waals surface area contributed by atoms with Gasteiger partial charge in [-0.25, -0.2) is 4.98 Å². The van der Waals surface area contributed by atoms with Crippen molar-refractivity contribution in [3.05, 3.63) is 24.0 Å². The normalized spacial score (nSPS) is 10.8. The molecule has 1 aromatic heterocycles. The summed E-state index contributed by atoms with van der Waals surface area (Å²) in [5.74, 6) is 1.81. The minimum atomic E-state index is -0.00393. The number of fused-ring (bicyclic) bond motifs is 1. The number of carbonyl (C=O) groups excluding carboxylic acids is 1. The van der Waals surface area contributed by atoms with Crippen LogP contribution in [-0.2, 0) is 17.2 Å². The molecule has 21 heavy (non-hydrogen) atoms. The van der Waals surface area contributed by atoms with Crippen LogP contribution in [0.2, 0.25) is 0 Å². The standard InChI is InChI=1S/C15H20ClN3O2/c1-3-9-21-12-6-4-5-11-15(12)18-13(10-16)19(11)8-7-14(20)17-2/h4-6H,3,7-10H2,1-2H3,(H,17,20). The zero-order valence-corrected chi connectivity index (χ0v) is 13.1. The average Bonchev–Trinajstić information content (AvgIpc) is 2.88. The van der Waals surface area contributed by atoms with Gasteiger partial charge in [0.25, 0.3) is 0 Å². The summed E-state index contributed by atoms with van der Waals surface area (Å²) in [6, 6.07) is 5.82. The molecule has 1 aromatic carbocycles. The molecule has 114 valence electrons. The zero-order chi connectivity index (χ0) is 15.2. The van der Waals surface area contributed by atoms with Crippen LogP contribution in [0.5, 0.6) is 5.75 Å². The maximum absolute atomic E-state index is 11.4. The molecule has 0 atom stereocenters. The molecule has 2 rings (SSSR count). The van der Waals surface area contributed by atoms with E-state index < -0.39 is 0 Å². The number of benzene rings is 1. The number of para-hydroxylation sites is 1. The summed E-state index contributed by atoms with van der Waals surface area (Å²) in [4.78, 5) is 16.0. The summed E-state index contributed by atoms with van der Waals surface area (Å²) in [7, 11) is 1.63. The Morgan fingerprint density at radius 1 is 1.48 bits per heavy atom. The van der Waals surface area contributed by atoms with Gasteiger partial charge in [-0.3, -0.25) is 4.79 Å². The molecule has 6 heteroatoms. The highest BCUT2D eigenvalue weighted by Gasteiger charge is 2.14. The molecule has 0 unspecified atom stereocenters. The number of ether oxygens (including phenoxy) is 1. The second-order valence-electron chi connectivity index (χ2n) is 4.71. The van der Waals surface area contributed by atoms with E-state index in [-0.39, 0.29) is 5.91 Å². The lowest BCUT2D eigenvalue weighted by atomic mass is 10.3. The SMILES string of the molecule is CCCOc1cccc2c1nc(CCl)n2CCC(=O)NC. The Balaban J connectivity index is 2.37. The molecule has 0 radical (unpaired) electrons. The van der Waals surface area contributed by atoms with Gasteiger partial charge in [0, 0.05) is 20.0 Å². The number of imidazole rings is 1. The second kappa shape index (κ2) is 7.31. The molecule has 0 aliphatic rings. The summed E-state index contributed by atoms with van der Waals surface area (Å²) in [6.45, 7) is 3.27. The molecule has 0 bridgehead atoms. The number of hydrogen-bond donors (Lipinski definition) is 1. The molecule has 0 saturated carbocycles. The van der Waals surface area contributed by atoms with Crippen LogP contribution in [0.3, 0.4) is 0 Å². The Labute approximate surface area is 129 Å². The number of aryl methyl sites for hydroxylation is 1. The van der Waals surface area contributed by atoms with Gasteiger partial charge in [0.1, 0.15) is 17.1 Å². The maximum Gasteiger partial charge on any atom is 0.221 e. The topological polar surface area (TPSA) is 56.2 Å². The number of nitrogens with one attached hydrogen (secondary N) is 1. The summed E-state index contributed by atoms with van der Waals surface area (Å²) in [5, 5.41) is 2.62. The van der Waals surface area contributed by atoms with E-state index in [0.29, 0.717) is 25.5 Å². The Hall–Kier alpha value is -1.75. The van der Waals surface area contributed by atoms with Gasteiger partial charge in [-0.1, -0.05) is 13.0 Å². The fourth-order valence-electron chi connectivity index (χ4n) is 2.19. The van der Waals surface area contributed by atoms with Gasteiger partial charge in [-0.2, -0.15) is 0 Å². The van der Waals surface area contributed by atoms with Crippen LogP contribution in [-0.4, -0.2) is 29.1 Å². The lowest BCUT2D eigenvalue weighted by molar-refractivity contribution is -0.120. The van der Waals surface area contributed by atoms with Crippen LogP contribution in [0.1, 0.15) is 25.6 Å². The maximum atomic E-state index is 11.4. The van der Waals surface area contributed by atoms with Crippen molar-refractivity contribution >= 4 is 28.5 Å². The van der Waals surface area contributed by atoms with Crippen LogP contribution in [0.4, 0.5) is 0 Å². The third-order valence-electron chi connectivity index (χ3n) is 3.24. The van der Waals surface area contributed by atoms with E-state index in [1.807, 2.05) is 22.8 Å². The molecule has 2 aromatic rings. The molecule has 1 amide bonds. The van der Waals surface area contributed by atoms with E-state index in [2.05, 4.69) is 17.2 Å². The lowest BCUT2D eigenvalue weighted by Gasteiger charge is -2.08. The van der Waals surface area contributed by atoms with Crippen molar-refractivity contribution in [2.45, 2.75) is 32.2 Å². The highest BCUT2D eigenvalue weighted by molar-refractivity contribution is 6.16. The van der Waals surface area contributed by atoms with Gasteiger partial charge in [-0.15, -0.1) is 11.6 Å². The van der Waals surface area contributed by atoms with Crippen molar-refractivity contribution in [2.75, 3.05) is 13.7 Å². The molecule has 0 spiro atoms. The smallest absolute Gasteiger partial charge is 0.221 e. The fraction of sp³-hybridized carbons (Fsp3) is 0.467. The zero-order valence-electron chi connectivity index (χ0n) is 12.4. The Bertz CT molecular complexity index is 625. The quantitative estimate of drug-likeness (QED) is 0.800. The molecule has 0 saturated heterocycles. The van der Waals surface area contributed by atoms with E-state index in [9.17, 15) is 4.79 Å². The van der Waals surface area contributed by atoms with Crippen molar-refractivity contribution in [2.24, 2.45) is 0 Å². The number of carbonyl (C=O) groups is 1. The summed E-state index contributed by atoms with van der Waals surface area (Å²) >= 11 is 5.98. The number of nitrogens with zero attached hydrogens (tertiary/aromatic N) is 2. The largest absolute Gasteiger partial charge is 0.491 e. The lowest BCUT2D eigenvalue weighted by Crippen LogP contribution is -2.19. The van der Waals surface area contributed by atoms with Crippen molar-refractivity contribution < 1.29 is 9.53 Å². The molecular formula is C15H20ClN3O2. The van der Waals surface area contributed by atoms with Crippen molar-refractivity contribution in [1.29, 1.82) is 0 Å². The molecule has 5 nitrogen and oxygen atoms in total. The third kappa shape index (κ3) is 3.47. The Morgan fingerprint density at radius 3 is 2.95 bits per heavy atom. The molecule has 1 heterocycles. The Morgan fingerprint density at radius 2 is 2.29 bits per heavy atom. The van der Waals surface area contributed by atoms with E-state index in [4.69, 9.17) is 16.3 Å². The Kier molecular flexibility index (Phi) is 5.44. The van der Waals surface area contributed by atoms with E-state index in [1.54, 1.807) is 7.05 Å². The first-order valence-corrected chi connectivity index (χ1v) is 7.62. The number of hydrogen-bond acceptors (Lipinski definition) is 3. The number of halogens is 1. The van der Waals surface area contributed by atoms with Crippen molar-refractivity contribution in [3.63, 3.8) is 0 Å². The van der Waals surface area contributed by atoms with Crippen LogP contribution < -0.4 is 10.1 Å².